The molecule has 0 saturated heterocycles. The normalized spacial score (nSPS) is 13.5. The van der Waals surface area contributed by atoms with E-state index >= 15 is 0 Å². The van der Waals surface area contributed by atoms with Crippen LogP contribution in [-0.4, -0.2) is 14.5 Å². The Hall–Kier alpha value is -6.00. The monoisotopic (exact) mass is 603 g/mol. The van der Waals surface area contributed by atoms with Crippen molar-refractivity contribution >= 4 is 43.7 Å². The van der Waals surface area contributed by atoms with Gasteiger partial charge in [-0.15, -0.1) is 0 Å². The Labute approximate surface area is 271 Å². The van der Waals surface area contributed by atoms with Crippen molar-refractivity contribution in [2.45, 2.75) is 19.3 Å². The largest absolute Gasteiger partial charge is 0.454 e. The highest BCUT2D eigenvalue weighted by atomic mass is 16.3. The van der Waals surface area contributed by atoms with E-state index in [1.165, 1.54) is 21.9 Å². The Bertz CT molecular complexity index is 2700. The quantitative estimate of drug-likeness (QED) is 0.202. The number of rotatable bonds is 3. The summed E-state index contributed by atoms with van der Waals surface area (Å²) < 4.78 is 8.92. The van der Waals surface area contributed by atoms with Crippen molar-refractivity contribution in [3.8, 4) is 39.5 Å². The predicted molar refractivity (Wildman–Crippen MR) is 192 cm³/mol. The first kappa shape index (κ1) is 26.2. The molecule has 4 heteroatoms. The molecule has 4 nitrogen and oxygen atoms in total. The van der Waals surface area contributed by atoms with Crippen molar-refractivity contribution in [3.63, 3.8) is 0 Å². The number of furan rings is 1. The van der Waals surface area contributed by atoms with Gasteiger partial charge >= 0.3 is 0 Å². The van der Waals surface area contributed by atoms with Gasteiger partial charge in [-0.3, -0.25) is 0 Å². The second-order valence-electron chi connectivity index (χ2n) is 13.0. The maximum Gasteiger partial charge on any atom is 0.160 e. The third-order valence-electron chi connectivity index (χ3n) is 9.98. The van der Waals surface area contributed by atoms with Crippen LogP contribution in [-0.2, 0) is 5.41 Å². The molecular formula is C43H29N3O. The van der Waals surface area contributed by atoms with Gasteiger partial charge in [0.25, 0.3) is 0 Å². The van der Waals surface area contributed by atoms with Gasteiger partial charge in [-0.25, -0.2) is 9.97 Å². The summed E-state index contributed by atoms with van der Waals surface area (Å²) in [5.74, 6) is 0.749. The first-order valence-corrected chi connectivity index (χ1v) is 16.1. The highest BCUT2D eigenvalue weighted by Gasteiger charge is 2.39. The van der Waals surface area contributed by atoms with E-state index < -0.39 is 0 Å². The van der Waals surface area contributed by atoms with Crippen molar-refractivity contribution in [3.05, 3.63) is 151 Å². The number of benzene rings is 6. The van der Waals surface area contributed by atoms with E-state index in [-0.39, 0.29) is 5.41 Å². The van der Waals surface area contributed by atoms with Crippen LogP contribution in [0.2, 0.25) is 0 Å². The molecule has 3 heterocycles. The zero-order chi connectivity index (χ0) is 31.3. The molecule has 10 rings (SSSR count). The zero-order valence-corrected chi connectivity index (χ0v) is 26.0. The van der Waals surface area contributed by atoms with Gasteiger partial charge in [-0.1, -0.05) is 123 Å². The van der Waals surface area contributed by atoms with E-state index in [2.05, 4.69) is 128 Å². The minimum Gasteiger partial charge on any atom is -0.454 e. The fourth-order valence-electron chi connectivity index (χ4n) is 7.73. The maximum atomic E-state index is 6.57. The molecule has 0 saturated carbocycles. The van der Waals surface area contributed by atoms with Crippen molar-refractivity contribution in [2.75, 3.05) is 0 Å². The Morgan fingerprint density at radius 1 is 0.574 bits per heavy atom. The summed E-state index contributed by atoms with van der Waals surface area (Å²) in [6.45, 7) is 4.54. The lowest BCUT2D eigenvalue weighted by molar-refractivity contribution is 0.636. The third-order valence-corrected chi connectivity index (χ3v) is 9.98. The van der Waals surface area contributed by atoms with Gasteiger partial charge in [-0.2, -0.15) is 0 Å². The standard InChI is InChI=1S/C43H29N3O/c1-43(2)34-17-9-6-16-33(34)37-38(44-42(45-41(37)43)27-12-4-3-5-13-27)26-20-22-28(23-21-26)46-35-18-10-7-14-29(35)31-24-25-32-30-15-8-11-19-36(30)47-40(32)39(31)46/h3-25H,1-2H3. The van der Waals surface area contributed by atoms with Crippen molar-refractivity contribution in [1.82, 2.24) is 14.5 Å². The van der Waals surface area contributed by atoms with Gasteiger partial charge in [0.2, 0.25) is 0 Å². The molecule has 1 aliphatic carbocycles. The number of nitrogens with zero attached hydrogens (tertiary/aromatic N) is 3. The molecule has 0 amide bonds. The molecule has 0 fully saturated rings. The molecule has 3 aromatic heterocycles. The van der Waals surface area contributed by atoms with E-state index in [4.69, 9.17) is 14.4 Å². The van der Waals surface area contributed by atoms with Crippen molar-refractivity contribution < 1.29 is 4.42 Å². The van der Waals surface area contributed by atoms with Crippen molar-refractivity contribution in [2.24, 2.45) is 0 Å². The molecule has 0 radical (unpaired) electrons. The molecule has 0 atom stereocenters. The van der Waals surface area contributed by atoms with Crippen LogP contribution in [0.5, 0.6) is 0 Å². The van der Waals surface area contributed by atoms with Crippen LogP contribution in [0.3, 0.4) is 0 Å². The summed E-state index contributed by atoms with van der Waals surface area (Å²) in [5.41, 5.74) is 12.6. The summed E-state index contributed by atoms with van der Waals surface area (Å²) >= 11 is 0. The SMILES string of the molecule is CC1(C)c2ccccc2-c2c(-c3ccc(-n4c5ccccc5c5ccc6c7ccccc7oc6c54)cc3)nc(-c3ccccc3)nc21. The van der Waals surface area contributed by atoms with Crippen LogP contribution in [0.1, 0.15) is 25.1 Å². The minimum atomic E-state index is -0.242. The molecule has 0 N–H and O–H groups in total. The van der Waals surface area contributed by atoms with E-state index in [1.54, 1.807) is 0 Å². The lowest BCUT2D eigenvalue weighted by Crippen LogP contribution is -2.17. The summed E-state index contributed by atoms with van der Waals surface area (Å²) in [7, 11) is 0. The molecular weight excluding hydrogens is 574 g/mol. The highest BCUT2D eigenvalue weighted by molar-refractivity contribution is 6.21. The van der Waals surface area contributed by atoms with Gasteiger partial charge in [-0.05, 0) is 41.5 Å². The molecule has 47 heavy (non-hydrogen) atoms. The molecule has 0 bridgehead atoms. The van der Waals surface area contributed by atoms with Gasteiger partial charge < -0.3 is 8.98 Å². The molecule has 9 aromatic rings. The fourth-order valence-corrected chi connectivity index (χ4v) is 7.73. The molecule has 0 spiro atoms. The average Bonchev–Trinajstić information content (AvgIpc) is 3.74. The first-order chi connectivity index (χ1) is 23.1. The van der Waals surface area contributed by atoms with Crippen LogP contribution in [0.4, 0.5) is 0 Å². The summed E-state index contributed by atoms with van der Waals surface area (Å²) in [4.78, 5) is 10.5. The summed E-state index contributed by atoms with van der Waals surface area (Å²) in [6.07, 6.45) is 0. The van der Waals surface area contributed by atoms with E-state index in [0.29, 0.717) is 0 Å². The maximum absolute atomic E-state index is 6.57. The fraction of sp³-hybridized carbons (Fsp3) is 0.0698. The van der Waals surface area contributed by atoms with E-state index in [1.807, 2.05) is 30.3 Å². The summed E-state index contributed by atoms with van der Waals surface area (Å²) in [5, 5.41) is 4.64. The van der Waals surface area contributed by atoms with Gasteiger partial charge in [0.1, 0.15) is 5.58 Å². The number of para-hydroxylation sites is 2. The van der Waals surface area contributed by atoms with Gasteiger partial charge in [0.15, 0.2) is 11.4 Å². The molecule has 0 aliphatic heterocycles. The second-order valence-corrected chi connectivity index (χ2v) is 13.0. The molecule has 0 unspecified atom stereocenters. The lowest BCUT2D eigenvalue weighted by Gasteiger charge is -2.21. The van der Waals surface area contributed by atoms with Crippen LogP contribution in [0.25, 0.3) is 83.2 Å². The number of hydrogen-bond donors (Lipinski definition) is 0. The Morgan fingerprint density at radius 2 is 1.28 bits per heavy atom. The van der Waals surface area contributed by atoms with Gasteiger partial charge in [0.05, 0.1) is 22.4 Å². The van der Waals surface area contributed by atoms with Gasteiger partial charge in [0, 0.05) is 49.3 Å². The molecule has 6 aromatic carbocycles. The minimum absolute atomic E-state index is 0.242. The number of hydrogen-bond acceptors (Lipinski definition) is 3. The Kier molecular flexibility index (Phi) is 5.31. The number of aromatic nitrogens is 3. The lowest BCUT2D eigenvalue weighted by atomic mass is 9.85. The topological polar surface area (TPSA) is 43.9 Å². The number of fused-ring (bicyclic) bond motifs is 10. The highest BCUT2D eigenvalue weighted by Crippen LogP contribution is 2.51. The molecule has 1 aliphatic rings. The smallest absolute Gasteiger partial charge is 0.160 e. The Morgan fingerprint density at radius 3 is 2.13 bits per heavy atom. The zero-order valence-electron chi connectivity index (χ0n) is 26.0. The third kappa shape index (κ3) is 3.64. The van der Waals surface area contributed by atoms with Crippen LogP contribution in [0, 0.1) is 0 Å². The Balaban J connectivity index is 1.21. The van der Waals surface area contributed by atoms with Crippen molar-refractivity contribution in [1.29, 1.82) is 0 Å². The average molecular weight is 604 g/mol. The van der Waals surface area contributed by atoms with Crippen LogP contribution < -0.4 is 0 Å². The molecule has 222 valence electrons. The van der Waals surface area contributed by atoms with Crippen LogP contribution >= 0.6 is 0 Å². The first-order valence-electron chi connectivity index (χ1n) is 16.1. The van der Waals surface area contributed by atoms with E-state index in [0.717, 1.165) is 72.6 Å². The summed E-state index contributed by atoms with van der Waals surface area (Å²) in [6, 6.07) is 49.2. The van der Waals surface area contributed by atoms with E-state index in [9.17, 15) is 0 Å². The van der Waals surface area contributed by atoms with Crippen LogP contribution in [0.15, 0.2) is 144 Å². The second kappa shape index (κ2) is 9.51. The predicted octanol–water partition coefficient (Wildman–Crippen LogP) is 11.1.